The van der Waals surface area contributed by atoms with Gasteiger partial charge in [-0.3, -0.25) is 0 Å². The number of aliphatic hydroxyl groups excluding tert-OH is 1. The Balaban J connectivity index is 2.27. The number of aliphatic hydroxyl groups is 1. The van der Waals surface area contributed by atoms with Crippen LogP contribution in [0.3, 0.4) is 0 Å². The number of allylic oxidation sites excluding steroid dienone is 1. The van der Waals surface area contributed by atoms with Gasteiger partial charge in [0.15, 0.2) is 11.5 Å². The van der Waals surface area contributed by atoms with E-state index in [0.29, 0.717) is 24.5 Å². The second-order valence-electron chi connectivity index (χ2n) is 4.85. The van der Waals surface area contributed by atoms with Gasteiger partial charge in [-0.1, -0.05) is 18.2 Å². The summed E-state index contributed by atoms with van der Waals surface area (Å²) >= 11 is 0. The summed E-state index contributed by atoms with van der Waals surface area (Å²) in [4.78, 5) is 0. The molecule has 0 saturated carbocycles. The van der Waals surface area contributed by atoms with Crippen molar-refractivity contribution in [3.05, 3.63) is 71.6 Å². The zero-order valence-electron chi connectivity index (χ0n) is 12.5. The molecule has 0 saturated heterocycles. The zero-order chi connectivity index (χ0) is 15.9. The maximum Gasteiger partial charge on any atom is 0.165 e. The molecule has 2 aromatic carbocycles. The van der Waals surface area contributed by atoms with Crippen LogP contribution in [-0.4, -0.2) is 12.2 Å². The van der Waals surface area contributed by atoms with Crippen LogP contribution >= 0.6 is 0 Å². The summed E-state index contributed by atoms with van der Waals surface area (Å²) in [7, 11) is 1.55. The van der Waals surface area contributed by atoms with Crippen LogP contribution in [0.4, 0.5) is 4.39 Å². The highest BCUT2D eigenvalue weighted by atomic mass is 19.1. The van der Waals surface area contributed by atoms with E-state index >= 15 is 0 Å². The topological polar surface area (TPSA) is 38.7 Å². The molecule has 3 nitrogen and oxygen atoms in total. The van der Waals surface area contributed by atoms with E-state index in [4.69, 9.17) is 9.47 Å². The van der Waals surface area contributed by atoms with Crippen molar-refractivity contribution < 1.29 is 19.0 Å². The van der Waals surface area contributed by atoms with E-state index < -0.39 is 0 Å². The molecule has 2 rings (SSSR count). The Morgan fingerprint density at radius 1 is 1.18 bits per heavy atom. The van der Waals surface area contributed by atoms with Crippen molar-refractivity contribution >= 4 is 0 Å². The lowest BCUT2D eigenvalue weighted by atomic mass is 10.1. The molecule has 0 fully saturated rings. The molecule has 0 aliphatic rings. The van der Waals surface area contributed by atoms with E-state index in [1.165, 1.54) is 12.1 Å². The molecule has 2 aromatic rings. The fourth-order valence-electron chi connectivity index (χ4n) is 2.17. The molecule has 1 N–H and O–H groups in total. The first-order valence-corrected chi connectivity index (χ1v) is 6.96. The van der Waals surface area contributed by atoms with Crippen LogP contribution in [0, 0.1) is 5.82 Å². The number of benzene rings is 2. The van der Waals surface area contributed by atoms with Gasteiger partial charge in [0.05, 0.1) is 13.7 Å². The predicted molar refractivity (Wildman–Crippen MR) is 83.5 cm³/mol. The third kappa shape index (κ3) is 3.86. The number of ether oxygens (including phenoxy) is 2. The third-order valence-corrected chi connectivity index (χ3v) is 3.25. The molecular weight excluding hydrogens is 283 g/mol. The molecule has 0 amide bonds. The molecular formula is C18H19FO3. The van der Waals surface area contributed by atoms with E-state index in [0.717, 1.165) is 16.7 Å². The molecule has 4 heteroatoms. The zero-order valence-corrected chi connectivity index (χ0v) is 12.5. The summed E-state index contributed by atoms with van der Waals surface area (Å²) in [5.74, 6) is 0.899. The highest BCUT2D eigenvalue weighted by Crippen LogP contribution is 2.34. The molecule has 0 spiro atoms. The van der Waals surface area contributed by atoms with Gasteiger partial charge in [0.2, 0.25) is 0 Å². The summed E-state index contributed by atoms with van der Waals surface area (Å²) in [5.41, 5.74) is 2.50. The van der Waals surface area contributed by atoms with Gasteiger partial charge >= 0.3 is 0 Å². The Morgan fingerprint density at radius 2 is 1.91 bits per heavy atom. The fourth-order valence-corrected chi connectivity index (χ4v) is 2.17. The number of rotatable bonds is 7. The van der Waals surface area contributed by atoms with Gasteiger partial charge in [-0.05, 0) is 41.8 Å². The standard InChI is InChI=1S/C18H19FO3/c1-3-4-15-9-14(11-20)10-17(21-2)18(15)22-12-13-5-7-16(19)8-6-13/h3,5-10,20H,1,4,11-12H2,2H3. The smallest absolute Gasteiger partial charge is 0.165 e. The van der Waals surface area contributed by atoms with Gasteiger partial charge in [-0.25, -0.2) is 4.39 Å². The van der Waals surface area contributed by atoms with Crippen molar-refractivity contribution in [3.8, 4) is 11.5 Å². The Morgan fingerprint density at radius 3 is 2.50 bits per heavy atom. The summed E-state index contributed by atoms with van der Waals surface area (Å²) in [6.07, 6.45) is 2.36. The minimum Gasteiger partial charge on any atom is -0.493 e. The quantitative estimate of drug-likeness (QED) is 0.794. The van der Waals surface area contributed by atoms with E-state index in [2.05, 4.69) is 6.58 Å². The average molecular weight is 302 g/mol. The van der Waals surface area contributed by atoms with Crippen molar-refractivity contribution in [3.63, 3.8) is 0 Å². The van der Waals surface area contributed by atoms with Crippen LogP contribution in [0.15, 0.2) is 49.1 Å². The summed E-state index contributed by atoms with van der Waals surface area (Å²) in [5, 5.41) is 9.32. The van der Waals surface area contributed by atoms with Gasteiger partial charge < -0.3 is 14.6 Å². The lowest BCUT2D eigenvalue weighted by molar-refractivity contribution is 0.272. The van der Waals surface area contributed by atoms with E-state index in [-0.39, 0.29) is 12.4 Å². The molecule has 0 heterocycles. The molecule has 0 unspecified atom stereocenters. The van der Waals surface area contributed by atoms with Crippen LogP contribution < -0.4 is 9.47 Å². The van der Waals surface area contributed by atoms with Crippen LogP contribution in [0.2, 0.25) is 0 Å². The monoisotopic (exact) mass is 302 g/mol. The lowest BCUT2D eigenvalue weighted by Crippen LogP contribution is -2.02. The summed E-state index contributed by atoms with van der Waals surface area (Å²) in [6, 6.07) is 9.76. The van der Waals surface area contributed by atoms with E-state index in [1.807, 2.05) is 6.07 Å². The van der Waals surface area contributed by atoms with Gasteiger partial charge in [-0.2, -0.15) is 0 Å². The predicted octanol–water partition coefficient (Wildman–Crippen LogP) is 3.63. The Hall–Kier alpha value is -2.33. The summed E-state index contributed by atoms with van der Waals surface area (Å²) in [6.45, 7) is 3.97. The first-order valence-electron chi connectivity index (χ1n) is 6.96. The summed E-state index contributed by atoms with van der Waals surface area (Å²) < 4.78 is 24.1. The molecule has 22 heavy (non-hydrogen) atoms. The van der Waals surface area contributed by atoms with Crippen molar-refractivity contribution in [1.82, 2.24) is 0 Å². The molecule has 0 bridgehead atoms. The SMILES string of the molecule is C=CCc1cc(CO)cc(OC)c1OCc1ccc(F)cc1. The molecule has 116 valence electrons. The minimum atomic E-state index is -0.277. The normalized spacial score (nSPS) is 10.3. The van der Waals surface area contributed by atoms with Gasteiger partial charge in [0, 0.05) is 5.56 Å². The lowest BCUT2D eigenvalue weighted by Gasteiger charge is -2.16. The van der Waals surface area contributed by atoms with Crippen molar-refractivity contribution in [2.75, 3.05) is 7.11 Å². The fraction of sp³-hybridized carbons (Fsp3) is 0.222. The average Bonchev–Trinajstić information content (AvgIpc) is 2.54. The first kappa shape index (κ1) is 16.0. The molecule has 0 atom stereocenters. The second-order valence-corrected chi connectivity index (χ2v) is 4.85. The van der Waals surface area contributed by atoms with Gasteiger partial charge in [-0.15, -0.1) is 6.58 Å². The minimum absolute atomic E-state index is 0.0707. The van der Waals surface area contributed by atoms with Crippen LogP contribution in [0.5, 0.6) is 11.5 Å². The first-order chi connectivity index (χ1) is 10.7. The highest BCUT2D eigenvalue weighted by molar-refractivity contribution is 5.50. The van der Waals surface area contributed by atoms with Crippen molar-refractivity contribution in [2.24, 2.45) is 0 Å². The van der Waals surface area contributed by atoms with Crippen molar-refractivity contribution in [2.45, 2.75) is 19.6 Å². The number of halogens is 1. The Labute approximate surface area is 129 Å². The third-order valence-electron chi connectivity index (χ3n) is 3.25. The largest absolute Gasteiger partial charge is 0.493 e. The number of hydrogen-bond acceptors (Lipinski definition) is 3. The van der Waals surface area contributed by atoms with Gasteiger partial charge in [0.25, 0.3) is 0 Å². The van der Waals surface area contributed by atoms with Crippen LogP contribution in [-0.2, 0) is 19.6 Å². The Kier molecular flexibility index (Phi) is 5.55. The molecule has 0 radical (unpaired) electrons. The molecule has 0 aliphatic heterocycles. The molecule has 0 aromatic heterocycles. The highest BCUT2D eigenvalue weighted by Gasteiger charge is 2.12. The maximum absolute atomic E-state index is 12.9. The van der Waals surface area contributed by atoms with Gasteiger partial charge in [0.1, 0.15) is 12.4 Å². The maximum atomic E-state index is 12.9. The Bertz CT molecular complexity index is 636. The van der Waals surface area contributed by atoms with E-state index in [1.54, 1.807) is 31.4 Å². The van der Waals surface area contributed by atoms with E-state index in [9.17, 15) is 9.50 Å². The molecule has 0 aliphatic carbocycles. The second kappa shape index (κ2) is 7.61. The van der Waals surface area contributed by atoms with Crippen LogP contribution in [0.25, 0.3) is 0 Å². The van der Waals surface area contributed by atoms with Crippen molar-refractivity contribution in [1.29, 1.82) is 0 Å². The van der Waals surface area contributed by atoms with Crippen LogP contribution in [0.1, 0.15) is 16.7 Å². The number of methoxy groups -OCH3 is 1. The number of hydrogen-bond donors (Lipinski definition) is 1.